The molecule has 0 saturated carbocycles. The van der Waals surface area contributed by atoms with Gasteiger partial charge in [0.2, 0.25) is 0 Å². The summed E-state index contributed by atoms with van der Waals surface area (Å²) < 4.78 is 26.8. The average Bonchev–Trinajstić information content (AvgIpc) is 1.82. The number of phosphoric ester groups is 1. The molecule has 12 heavy (non-hydrogen) atoms. The molecule has 0 amide bonds. The summed E-state index contributed by atoms with van der Waals surface area (Å²) in [5, 5.41) is 0. The van der Waals surface area contributed by atoms with Gasteiger partial charge in [-0.15, -0.1) is 0 Å². The zero-order chi connectivity index (χ0) is 9.19. The van der Waals surface area contributed by atoms with Crippen LogP contribution in [-0.2, 0) is 4.57 Å². The van der Waals surface area contributed by atoms with Crippen molar-refractivity contribution in [1.82, 2.24) is 0 Å². The Kier molecular flexibility index (Phi) is 2.47. The second-order valence-corrected chi connectivity index (χ2v) is 3.20. The van der Waals surface area contributed by atoms with Gasteiger partial charge in [-0.2, -0.15) is 0 Å². The number of hydrogen-bond acceptors (Lipinski definition) is 2. The molecule has 2 N–H and O–H groups in total. The lowest BCUT2D eigenvalue weighted by atomic mass is 10.3. The molecular weight excluding hydrogens is 186 g/mol. The van der Waals surface area contributed by atoms with Crippen LogP contribution in [0.2, 0.25) is 0 Å². The predicted molar refractivity (Wildman–Crippen MR) is 39.1 cm³/mol. The fourth-order valence-electron chi connectivity index (χ4n) is 0.661. The van der Waals surface area contributed by atoms with Crippen molar-refractivity contribution in [3.8, 4) is 5.75 Å². The minimum absolute atomic E-state index is 0.191. The van der Waals surface area contributed by atoms with Crippen LogP contribution in [0.4, 0.5) is 4.39 Å². The number of benzene rings is 1. The fourth-order valence-corrected chi connectivity index (χ4v) is 1.05. The van der Waals surface area contributed by atoms with Crippen molar-refractivity contribution in [3.63, 3.8) is 0 Å². The molecule has 0 radical (unpaired) electrons. The molecule has 0 aliphatic heterocycles. The van der Waals surface area contributed by atoms with E-state index in [4.69, 9.17) is 9.79 Å². The van der Waals surface area contributed by atoms with Crippen molar-refractivity contribution in [1.29, 1.82) is 0 Å². The van der Waals surface area contributed by atoms with Gasteiger partial charge in [-0.3, -0.25) is 9.79 Å². The van der Waals surface area contributed by atoms with Crippen LogP contribution in [0.3, 0.4) is 0 Å². The summed E-state index contributed by atoms with van der Waals surface area (Å²) in [7, 11) is -4.57. The summed E-state index contributed by atoms with van der Waals surface area (Å²) in [5.41, 5.74) is 0. The van der Waals surface area contributed by atoms with Gasteiger partial charge in [0.15, 0.2) is 0 Å². The molecule has 0 bridgehead atoms. The van der Waals surface area contributed by atoms with E-state index < -0.39 is 13.6 Å². The van der Waals surface area contributed by atoms with Crippen molar-refractivity contribution in [2.45, 2.75) is 0 Å². The second-order valence-electron chi connectivity index (χ2n) is 2.04. The largest absolute Gasteiger partial charge is 0.524 e. The molecule has 0 spiro atoms. The first-order chi connectivity index (χ1) is 5.47. The minimum atomic E-state index is -4.57. The fraction of sp³-hybridized carbons (Fsp3) is 0. The van der Waals surface area contributed by atoms with Gasteiger partial charge in [-0.05, 0) is 12.1 Å². The normalized spacial score (nSPS) is 11.2. The molecule has 0 unspecified atom stereocenters. The SMILES string of the molecule is O=P(O)(O)Oc1cccc(F)c1. The van der Waals surface area contributed by atoms with Crippen LogP contribution in [0.1, 0.15) is 0 Å². The van der Waals surface area contributed by atoms with Crippen molar-refractivity contribution in [2.24, 2.45) is 0 Å². The first-order valence-corrected chi connectivity index (χ1v) is 4.51. The first-order valence-electron chi connectivity index (χ1n) is 2.98. The Morgan fingerprint density at radius 3 is 2.58 bits per heavy atom. The van der Waals surface area contributed by atoms with E-state index in [1.54, 1.807) is 0 Å². The van der Waals surface area contributed by atoms with Gasteiger partial charge >= 0.3 is 7.82 Å². The number of rotatable bonds is 2. The van der Waals surface area contributed by atoms with Crippen LogP contribution < -0.4 is 4.52 Å². The smallest absolute Gasteiger partial charge is 0.404 e. The van der Waals surface area contributed by atoms with Crippen LogP contribution in [0.25, 0.3) is 0 Å². The van der Waals surface area contributed by atoms with Crippen LogP contribution in [0.15, 0.2) is 24.3 Å². The van der Waals surface area contributed by atoms with Crippen molar-refractivity contribution < 1.29 is 23.3 Å². The third-order valence-corrected chi connectivity index (χ3v) is 1.47. The van der Waals surface area contributed by atoms with Gasteiger partial charge in [-0.25, -0.2) is 8.96 Å². The molecule has 1 aromatic rings. The molecule has 66 valence electrons. The van der Waals surface area contributed by atoms with E-state index in [0.29, 0.717) is 0 Å². The highest BCUT2D eigenvalue weighted by Gasteiger charge is 2.15. The lowest BCUT2D eigenvalue weighted by molar-refractivity contribution is 0.283. The third kappa shape index (κ3) is 3.00. The van der Waals surface area contributed by atoms with Gasteiger partial charge < -0.3 is 4.52 Å². The highest BCUT2D eigenvalue weighted by atomic mass is 31.2. The Balaban J connectivity index is 2.84. The van der Waals surface area contributed by atoms with Crippen LogP contribution in [0.5, 0.6) is 5.75 Å². The third-order valence-electron chi connectivity index (χ3n) is 1.02. The van der Waals surface area contributed by atoms with Gasteiger partial charge in [-0.1, -0.05) is 6.07 Å². The topological polar surface area (TPSA) is 66.8 Å². The zero-order valence-electron chi connectivity index (χ0n) is 5.85. The summed E-state index contributed by atoms with van der Waals surface area (Å²) in [5.74, 6) is -0.802. The standard InChI is InChI=1S/C6H6FO4P/c7-5-2-1-3-6(4-5)11-12(8,9)10/h1-4H,(H2,8,9,10). The molecular formula is C6H6FO4P. The van der Waals surface area contributed by atoms with E-state index in [2.05, 4.69) is 4.52 Å². The van der Waals surface area contributed by atoms with E-state index in [1.807, 2.05) is 0 Å². The van der Waals surface area contributed by atoms with Gasteiger partial charge in [0.25, 0.3) is 0 Å². The molecule has 0 aromatic heterocycles. The molecule has 1 rings (SSSR count). The maximum atomic E-state index is 12.4. The van der Waals surface area contributed by atoms with Crippen LogP contribution in [-0.4, -0.2) is 9.79 Å². The highest BCUT2D eigenvalue weighted by molar-refractivity contribution is 7.46. The maximum Gasteiger partial charge on any atom is 0.524 e. The Hall–Kier alpha value is -0.900. The quantitative estimate of drug-likeness (QED) is 0.693. The Morgan fingerprint density at radius 1 is 1.42 bits per heavy atom. The summed E-state index contributed by atoms with van der Waals surface area (Å²) in [6, 6.07) is 4.58. The monoisotopic (exact) mass is 192 g/mol. The first kappa shape index (κ1) is 9.19. The van der Waals surface area contributed by atoms with Crippen molar-refractivity contribution in [2.75, 3.05) is 0 Å². The number of hydrogen-bond donors (Lipinski definition) is 2. The summed E-state index contributed by atoms with van der Waals surface area (Å²) >= 11 is 0. The highest BCUT2D eigenvalue weighted by Crippen LogP contribution is 2.37. The Morgan fingerprint density at radius 2 is 2.08 bits per heavy atom. The molecule has 4 nitrogen and oxygen atoms in total. The summed E-state index contributed by atoms with van der Waals surface area (Å²) in [6.07, 6.45) is 0. The summed E-state index contributed by atoms with van der Waals surface area (Å²) in [6.45, 7) is 0. The van der Waals surface area contributed by atoms with Crippen molar-refractivity contribution >= 4 is 7.82 Å². The Labute approximate surface area is 67.8 Å². The predicted octanol–water partition coefficient (Wildman–Crippen LogP) is 1.30. The van der Waals surface area contributed by atoms with Crippen LogP contribution >= 0.6 is 7.82 Å². The molecule has 0 saturated heterocycles. The van der Waals surface area contributed by atoms with Gasteiger partial charge in [0.05, 0.1) is 0 Å². The zero-order valence-corrected chi connectivity index (χ0v) is 6.74. The lowest BCUT2D eigenvalue weighted by Gasteiger charge is -2.05. The molecule has 0 atom stereocenters. The van der Waals surface area contributed by atoms with E-state index in [-0.39, 0.29) is 5.75 Å². The van der Waals surface area contributed by atoms with E-state index >= 15 is 0 Å². The summed E-state index contributed by atoms with van der Waals surface area (Å²) in [4.78, 5) is 16.7. The van der Waals surface area contributed by atoms with Crippen molar-refractivity contribution in [3.05, 3.63) is 30.1 Å². The number of phosphoric acid groups is 1. The Bertz CT molecular complexity index is 321. The minimum Gasteiger partial charge on any atom is -0.404 e. The van der Waals surface area contributed by atoms with E-state index in [9.17, 15) is 8.96 Å². The van der Waals surface area contributed by atoms with E-state index in [0.717, 1.165) is 12.1 Å². The molecule has 0 heterocycles. The average molecular weight is 192 g/mol. The van der Waals surface area contributed by atoms with Gasteiger partial charge in [0.1, 0.15) is 11.6 Å². The molecule has 1 aromatic carbocycles. The maximum absolute atomic E-state index is 12.4. The molecule has 0 aliphatic carbocycles. The number of halogens is 1. The van der Waals surface area contributed by atoms with Gasteiger partial charge in [0, 0.05) is 6.07 Å². The molecule has 0 fully saturated rings. The molecule has 0 aliphatic rings. The molecule has 6 heteroatoms. The van der Waals surface area contributed by atoms with Crippen LogP contribution in [0, 0.1) is 5.82 Å². The van der Waals surface area contributed by atoms with E-state index in [1.165, 1.54) is 12.1 Å². The lowest BCUT2D eigenvalue weighted by Crippen LogP contribution is -1.90. The second kappa shape index (κ2) is 3.23.